The van der Waals surface area contributed by atoms with Crippen LogP contribution in [0.15, 0.2) is 30.6 Å². The zero-order chi connectivity index (χ0) is 17.9. The molecule has 1 aliphatic heterocycles. The number of nitrogens with zero attached hydrogens (tertiary/aromatic N) is 3. The van der Waals surface area contributed by atoms with Gasteiger partial charge in [0.2, 0.25) is 15.9 Å². The molecule has 9 heteroatoms. The van der Waals surface area contributed by atoms with Crippen molar-refractivity contribution in [3.63, 3.8) is 0 Å². The van der Waals surface area contributed by atoms with Crippen LogP contribution in [0.3, 0.4) is 0 Å². The number of ether oxygens (including phenoxy) is 1. The molecule has 3 rings (SSSR count). The van der Waals surface area contributed by atoms with Gasteiger partial charge in [-0.1, -0.05) is 12.1 Å². The van der Waals surface area contributed by atoms with Crippen LogP contribution >= 0.6 is 0 Å². The first-order chi connectivity index (χ1) is 11.9. The second kappa shape index (κ2) is 7.51. The van der Waals surface area contributed by atoms with Crippen LogP contribution < -0.4 is 5.32 Å². The van der Waals surface area contributed by atoms with E-state index in [4.69, 9.17) is 4.74 Å². The molecule has 0 aliphatic carbocycles. The van der Waals surface area contributed by atoms with Gasteiger partial charge in [0.25, 0.3) is 0 Å². The van der Waals surface area contributed by atoms with Gasteiger partial charge in [-0.05, 0) is 12.1 Å². The summed E-state index contributed by atoms with van der Waals surface area (Å²) in [5.41, 5.74) is 1.90. The summed E-state index contributed by atoms with van der Waals surface area (Å²) < 4.78 is 32.0. The number of carbonyl (C=O) groups is 1. The van der Waals surface area contributed by atoms with Crippen LogP contribution in [0, 0.1) is 0 Å². The van der Waals surface area contributed by atoms with Crippen LogP contribution in [-0.4, -0.2) is 66.8 Å². The zero-order valence-corrected chi connectivity index (χ0v) is 14.9. The van der Waals surface area contributed by atoms with E-state index in [1.165, 1.54) is 10.6 Å². The molecular formula is C16H22N4O4S. The van der Waals surface area contributed by atoms with E-state index in [1.54, 1.807) is 6.33 Å². The number of para-hydroxylation sites is 2. The van der Waals surface area contributed by atoms with Gasteiger partial charge in [0.15, 0.2) is 0 Å². The van der Waals surface area contributed by atoms with Crippen LogP contribution in [0.1, 0.15) is 6.42 Å². The SMILES string of the molecule is CS(=O)(=O)N1CCOC(CNC(=O)CCn2cnc3ccccc32)C1. The molecule has 1 fully saturated rings. The van der Waals surface area contributed by atoms with Crippen molar-refractivity contribution in [3.05, 3.63) is 30.6 Å². The minimum Gasteiger partial charge on any atom is -0.374 e. The highest BCUT2D eigenvalue weighted by molar-refractivity contribution is 7.88. The van der Waals surface area contributed by atoms with E-state index in [-0.39, 0.29) is 18.6 Å². The number of aryl methyl sites for hydroxylation is 1. The molecule has 1 N–H and O–H groups in total. The monoisotopic (exact) mass is 366 g/mol. The Morgan fingerprint density at radius 2 is 2.20 bits per heavy atom. The number of fused-ring (bicyclic) bond motifs is 1. The number of aromatic nitrogens is 2. The summed E-state index contributed by atoms with van der Waals surface area (Å²) in [4.78, 5) is 16.4. The Hall–Kier alpha value is -1.97. The average Bonchev–Trinajstić information content (AvgIpc) is 3.01. The summed E-state index contributed by atoms with van der Waals surface area (Å²) in [6.45, 7) is 1.81. The molecule has 8 nitrogen and oxygen atoms in total. The van der Waals surface area contributed by atoms with E-state index in [1.807, 2.05) is 28.8 Å². The standard InChI is InChI=1S/C16H22N4O4S/c1-25(22,23)20-8-9-24-13(11-20)10-17-16(21)6-7-19-12-18-14-4-2-3-5-15(14)19/h2-5,12-13H,6-11H2,1H3,(H,17,21). The van der Waals surface area contributed by atoms with Crippen LogP contribution in [0.2, 0.25) is 0 Å². The number of carbonyl (C=O) groups excluding carboxylic acids is 1. The van der Waals surface area contributed by atoms with Crippen molar-refractivity contribution in [2.75, 3.05) is 32.5 Å². The Bertz CT molecular complexity index is 849. The number of rotatable bonds is 6. The molecule has 0 saturated carbocycles. The van der Waals surface area contributed by atoms with Gasteiger partial charge in [0, 0.05) is 32.6 Å². The predicted octanol–water partition coefficient (Wildman–Crippen LogP) is 0.203. The summed E-state index contributed by atoms with van der Waals surface area (Å²) in [7, 11) is -3.23. The normalized spacial score (nSPS) is 19.2. The molecule has 2 heterocycles. The van der Waals surface area contributed by atoms with Crippen molar-refractivity contribution in [2.24, 2.45) is 0 Å². The Balaban J connectivity index is 1.47. The number of nitrogens with one attached hydrogen (secondary N) is 1. The third kappa shape index (κ3) is 4.56. The van der Waals surface area contributed by atoms with Crippen molar-refractivity contribution < 1.29 is 17.9 Å². The average molecular weight is 366 g/mol. The van der Waals surface area contributed by atoms with Crippen LogP contribution in [0.5, 0.6) is 0 Å². The molecule has 0 bridgehead atoms. The number of amides is 1. The molecule has 2 aromatic rings. The minimum atomic E-state index is -3.23. The number of hydrogen-bond acceptors (Lipinski definition) is 5. The van der Waals surface area contributed by atoms with Gasteiger partial charge < -0.3 is 14.6 Å². The first-order valence-corrected chi connectivity index (χ1v) is 10.0. The molecule has 1 aromatic heterocycles. The molecule has 1 atom stereocenters. The van der Waals surface area contributed by atoms with Crippen molar-refractivity contribution in [2.45, 2.75) is 19.1 Å². The van der Waals surface area contributed by atoms with Gasteiger partial charge in [0.1, 0.15) is 0 Å². The van der Waals surface area contributed by atoms with Crippen LogP contribution in [0.4, 0.5) is 0 Å². The highest BCUT2D eigenvalue weighted by atomic mass is 32.2. The summed E-state index contributed by atoms with van der Waals surface area (Å²) in [6, 6.07) is 7.76. The number of morpholine rings is 1. The van der Waals surface area contributed by atoms with Gasteiger partial charge in [-0.15, -0.1) is 0 Å². The molecular weight excluding hydrogens is 344 g/mol. The molecule has 136 valence electrons. The predicted molar refractivity (Wildman–Crippen MR) is 93.5 cm³/mol. The second-order valence-corrected chi connectivity index (χ2v) is 8.08. The molecule has 0 radical (unpaired) electrons. The fourth-order valence-corrected chi connectivity index (χ4v) is 3.69. The van der Waals surface area contributed by atoms with Crippen LogP contribution in [0.25, 0.3) is 11.0 Å². The molecule has 0 spiro atoms. The minimum absolute atomic E-state index is 0.0992. The number of hydrogen-bond donors (Lipinski definition) is 1. The van der Waals surface area contributed by atoms with Crippen molar-refractivity contribution >= 4 is 27.0 Å². The van der Waals surface area contributed by atoms with E-state index < -0.39 is 10.0 Å². The highest BCUT2D eigenvalue weighted by Crippen LogP contribution is 2.12. The maximum absolute atomic E-state index is 12.1. The maximum atomic E-state index is 12.1. The van der Waals surface area contributed by atoms with Gasteiger partial charge in [-0.3, -0.25) is 4.79 Å². The maximum Gasteiger partial charge on any atom is 0.221 e. The summed E-state index contributed by atoms with van der Waals surface area (Å²) in [6.07, 6.45) is 2.92. The zero-order valence-electron chi connectivity index (χ0n) is 14.1. The van der Waals surface area contributed by atoms with Crippen LogP contribution in [-0.2, 0) is 26.1 Å². The Morgan fingerprint density at radius 1 is 1.40 bits per heavy atom. The smallest absolute Gasteiger partial charge is 0.221 e. The van der Waals surface area contributed by atoms with E-state index in [9.17, 15) is 13.2 Å². The van der Waals surface area contributed by atoms with E-state index in [2.05, 4.69) is 10.3 Å². The largest absolute Gasteiger partial charge is 0.374 e. The molecule has 1 aliphatic rings. The van der Waals surface area contributed by atoms with E-state index in [0.717, 1.165) is 11.0 Å². The molecule has 1 aromatic carbocycles. The third-order valence-corrected chi connectivity index (χ3v) is 5.47. The summed E-state index contributed by atoms with van der Waals surface area (Å²) in [5.74, 6) is -0.0992. The summed E-state index contributed by atoms with van der Waals surface area (Å²) in [5, 5.41) is 2.82. The second-order valence-electron chi connectivity index (χ2n) is 6.09. The fraction of sp³-hybridized carbons (Fsp3) is 0.500. The topological polar surface area (TPSA) is 93.5 Å². The van der Waals surface area contributed by atoms with Gasteiger partial charge >= 0.3 is 0 Å². The molecule has 1 saturated heterocycles. The van der Waals surface area contributed by atoms with E-state index in [0.29, 0.717) is 32.7 Å². The van der Waals surface area contributed by atoms with Gasteiger partial charge in [-0.2, -0.15) is 4.31 Å². The van der Waals surface area contributed by atoms with Crippen molar-refractivity contribution in [1.29, 1.82) is 0 Å². The van der Waals surface area contributed by atoms with Gasteiger partial charge in [0.05, 0.1) is 36.3 Å². The lowest BCUT2D eigenvalue weighted by Crippen LogP contribution is -2.49. The summed E-state index contributed by atoms with van der Waals surface area (Å²) >= 11 is 0. The van der Waals surface area contributed by atoms with Gasteiger partial charge in [-0.25, -0.2) is 13.4 Å². The quantitative estimate of drug-likeness (QED) is 0.788. The Labute approximate surface area is 146 Å². The lowest BCUT2D eigenvalue weighted by molar-refractivity contribution is -0.122. The highest BCUT2D eigenvalue weighted by Gasteiger charge is 2.26. The Kier molecular flexibility index (Phi) is 5.36. The first-order valence-electron chi connectivity index (χ1n) is 8.17. The van der Waals surface area contributed by atoms with Crippen molar-refractivity contribution in [1.82, 2.24) is 19.2 Å². The lowest BCUT2D eigenvalue weighted by atomic mass is 10.3. The number of benzene rings is 1. The Morgan fingerprint density at radius 3 is 3.00 bits per heavy atom. The molecule has 1 unspecified atom stereocenters. The fourth-order valence-electron chi connectivity index (χ4n) is 2.84. The number of imidazole rings is 1. The molecule has 25 heavy (non-hydrogen) atoms. The number of sulfonamides is 1. The lowest BCUT2D eigenvalue weighted by Gasteiger charge is -2.31. The third-order valence-electron chi connectivity index (χ3n) is 4.20. The first kappa shape index (κ1) is 17.8. The van der Waals surface area contributed by atoms with E-state index >= 15 is 0 Å². The molecule has 1 amide bonds. The van der Waals surface area contributed by atoms with Crippen molar-refractivity contribution in [3.8, 4) is 0 Å².